The summed E-state index contributed by atoms with van der Waals surface area (Å²) in [7, 11) is 1.69. The van der Waals surface area contributed by atoms with E-state index in [9.17, 15) is 14.4 Å². The predicted molar refractivity (Wildman–Crippen MR) is 104 cm³/mol. The van der Waals surface area contributed by atoms with E-state index >= 15 is 0 Å². The van der Waals surface area contributed by atoms with Crippen LogP contribution in [0.2, 0.25) is 0 Å². The van der Waals surface area contributed by atoms with Gasteiger partial charge in [-0.2, -0.15) is 0 Å². The zero-order valence-corrected chi connectivity index (χ0v) is 15.3. The van der Waals surface area contributed by atoms with Gasteiger partial charge in [0.05, 0.1) is 6.33 Å². The van der Waals surface area contributed by atoms with Crippen LogP contribution in [0.5, 0.6) is 0 Å². The largest absolute Gasteiger partial charge is 0.363 e. The summed E-state index contributed by atoms with van der Waals surface area (Å²) in [4.78, 5) is 41.0. The van der Waals surface area contributed by atoms with Crippen LogP contribution in [-0.2, 0) is 23.1 Å². The van der Waals surface area contributed by atoms with E-state index < -0.39 is 23.6 Å². The minimum Gasteiger partial charge on any atom is -0.363 e. The van der Waals surface area contributed by atoms with Gasteiger partial charge in [0.25, 0.3) is 11.8 Å². The summed E-state index contributed by atoms with van der Waals surface area (Å²) in [6.07, 6.45) is 1.69. The van der Waals surface area contributed by atoms with Crippen molar-refractivity contribution >= 4 is 17.6 Å². The number of primary amides is 1. The van der Waals surface area contributed by atoms with Gasteiger partial charge in [0.1, 0.15) is 17.4 Å². The number of carbonyl (C=O) groups is 3. The maximum atomic E-state index is 13.0. The number of hydrogen-bond acceptors (Lipinski definition) is 4. The van der Waals surface area contributed by atoms with Crippen molar-refractivity contribution in [1.29, 1.82) is 0 Å². The number of rotatable bonds is 7. The van der Waals surface area contributed by atoms with E-state index in [0.29, 0.717) is 11.4 Å². The molecule has 3 aromatic rings. The Bertz CT molecular complexity index is 997. The van der Waals surface area contributed by atoms with Gasteiger partial charge >= 0.3 is 0 Å². The molecule has 3 rings (SSSR count). The third-order valence-corrected chi connectivity index (χ3v) is 4.35. The van der Waals surface area contributed by atoms with Crippen LogP contribution in [0.3, 0.4) is 0 Å². The van der Waals surface area contributed by atoms with Crippen LogP contribution in [0.15, 0.2) is 67.0 Å². The molecule has 0 aliphatic rings. The summed E-state index contributed by atoms with van der Waals surface area (Å²) in [5, 5.41) is 2.65. The topological polar surface area (TPSA) is 107 Å². The first-order valence-corrected chi connectivity index (χ1v) is 8.72. The van der Waals surface area contributed by atoms with Crippen molar-refractivity contribution in [2.75, 3.05) is 0 Å². The monoisotopic (exact) mass is 376 g/mol. The van der Waals surface area contributed by atoms with E-state index in [1.165, 1.54) is 6.33 Å². The van der Waals surface area contributed by atoms with Crippen molar-refractivity contribution in [2.45, 2.75) is 12.5 Å². The standard InChI is InChI=1S/C21H20N4O3/c1-25-13-23-17(15-10-6-3-7-11-15)18(25)21(28)24-16(19(26)20(22)27)12-14-8-4-2-5-9-14/h2-11,13,16H,12H2,1H3,(H2,22,27)(H,24,28)/t16-/m0/s1. The van der Waals surface area contributed by atoms with Crippen LogP contribution >= 0.6 is 0 Å². The first-order valence-electron chi connectivity index (χ1n) is 8.72. The molecule has 142 valence electrons. The predicted octanol–water partition coefficient (Wildman–Crippen LogP) is 1.48. The Balaban J connectivity index is 1.89. The van der Waals surface area contributed by atoms with E-state index in [-0.39, 0.29) is 6.42 Å². The number of aromatic nitrogens is 2. The van der Waals surface area contributed by atoms with Gasteiger partial charge in [0.15, 0.2) is 0 Å². The highest BCUT2D eigenvalue weighted by Crippen LogP contribution is 2.21. The number of nitrogens with two attached hydrogens (primary N) is 1. The third-order valence-electron chi connectivity index (χ3n) is 4.35. The van der Waals surface area contributed by atoms with Crippen LogP contribution < -0.4 is 11.1 Å². The second kappa shape index (κ2) is 8.30. The van der Waals surface area contributed by atoms with Gasteiger partial charge in [-0.25, -0.2) is 4.98 Å². The molecule has 0 unspecified atom stereocenters. The summed E-state index contributed by atoms with van der Waals surface area (Å²) in [5.41, 5.74) is 7.54. The summed E-state index contributed by atoms with van der Waals surface area (Å²) in [6, 6.07) is 17.3. The van der Waals surface area contributed by atoms with E-state index in [1.54, 1.807) is 11.6 Å². The minimum absolute atomic E-state index is 0.160. The quantitative estimate of drug-likeness (QED) is 0.609. The fourth-order valence-corrected chi connectivity index (χ4v) is 2.96. The molecule has 3 N–H and O–H groups in total. The van der Waals surface area contributed by atoms with Crippen LogP contribution in [0.4, 0.5) is 0 Å². The lowest BCUT2D eigenvalue weighted by Gasteiger charge is -2.17. The fourth-order valence-electron chi connectivity index (χ4n) is 2.96. The van der Waals surface area contributed by atoms with Crippen LogP contribution in [0.25, 0.3) is 11.3 Å². The highest BCUT2D eigenvalue weighted by atomic mass is 16.2. The van der Waals surface area contributed by atoms with Gasteiger partial charge < -0.3 is 15.6 Å². The van der Waals surface area contributed by atoms with Gasteiger partial charge in [-0.3, -0.25) is 14.4 Å². The molecular formula is C21H20N4O3. The Morgan fingerprint density at radius 3 is 2.25 bits per heavy atom. The van der Waals surface area contributed by atoms with E-state index in [0.717, 1.165) is 11.1 Å². The van der Waals surface area contributed by atoms with Crippen LogP contribution in [-0.4, -0.2) is 33.2 Å². The molecule has 0 aliphatic heterocycles. The van der Waals surface area contributed by atoms with Crippen molar-refractivity contribution < 1.29 is 14.4 Å². The van der Waals surface area contributed by atoms with Gasteiger partial charge in [-0.1, -0.05) is 60.7 Å². The molecule has 0 saturated carbocycles. The van der Waals surface area contributed by atoms with E-state index in [1.807, 2.05) is 60.7 Å². The maximum Gasteiger partial charge on any atom is 0.287 e. The molecule has 0 spiro atoms. The number of aryl methyl sites for hydroxylation is 1. The summed E-state index contributed by atoms with van der Waals surface area (Å²) in [5.74, 6) is -2.44. The minimum atomic E-state index is -1.09. The van der Waals surface area contributed by atoms with Gasteiger partial charge in [0, 0.05) is 19.0 Å². The molecule has 7 nitrogen and oxygen atoms in total. The molecule has 0 saturated heterocycles. The van der Waals surface area contributed by atoms with Gasteiger partial charge in [0.2, 0.25) is 5.78 Å². The molecule has 2 aromatic carbocycles. The first kappa shape index (κ1) is 19.0. The average Bonchev–Trinajstić information content (AvgIpc) is 3.10. The van der Waals surface area contributed by atoms with E-state index in [4.69, 9.17) is 5.73 Å². The van der Waals surface area contributed by atoms with Crippen molar-refractivity contribution in [1.82, 2.24) is 14.9 Å². The zero-order chi connectivity index (χ0) is 20.1. The Morgan fingerprint density at radius 1 is 1.04 bits per heavy atom. The Hall–Kier alpha value is -3.74. The Kier molecular flexibility index (Phi) is 5.64. The Labute approximate surface area is 162 Å². The van der Waals surface area contributed by atoms with Crippen molar-refractivity contribution in [3.63, 3.8) is 0 Å². The summed E-state index contributed by atoms with van der Waals surface area (Å²) in [6.45, 7) is 0. The molecule has 0 radical (unpaired) electrons. The zero-order valence-electron chi connectivity index (χ0n) is 15.3. The fraction of sp³-hybridized carbons (Fsp3) is 0.143. The van der Waals surface area contributed by atoms with Crippen LogP contribution in [0.1, 0.15) is 16.1 Å². The molecule has 0 bridgehead atoms. The number of amides is 2. The van der Waals surface area contributed by atoms with Gasteiger partial charge in [-0.05, 0) is 5.56 Å². The lowest BCUT2D eigenvalue weighted by Crippen LogP contribution is -2.47. The molecule has 7 heteroatoms. The number of Topliss-reactive ketones (excluding diaryl/α,β-unsaturated/α-hetero) is 1. The number of imidazole rings is 1. The first-order chi connectivity index (χ1) is 13.5. The average molecular weight is 376 g/mol. The van der Waals surface area contributed by atoms with Crippen molar-refractivity contribution in [3.8, 4) is 11.3 Å². The molecule has 1 atom stereocenters. The number of benzene rings is 2. The van der Waals surface area contributed by atoms with Gasteiger partial charge in [-0.15, -0.1) is 0 Å². The number of hydrogen-bond donors (Lipinski definition) is 2. The molecule has 0 fully saturated rings. The van der Waals surface area contributed by atoms with Crippen LogP contribution in [0, 0.1) is 0 Å². The molecule has 28 heavy (non-hydrogen) atoms. The second-order valence-electron chi connectivity index (χ2n) is 6.36. The molecule has 0 aliphatic carbocycles. The number of carbonyl (C=O) groups excluding carboxylic acids is 3. The number of ketones is 1. The third kappa shape index (κ3) is 4.15. The number of nitrogens with zero attached hydrogens (tertiary/aromatic N) is 2. The molecule has 2 amide bonds. The highest BCUT2D eigenvalue weighted by molar-refractivity contribution is 6.38. The van der Waals surface area contributed by atoms with Crippen molar-refractivity contribution in [2.24, 2.45) is 12.8 Å². The summed E-state index contributed by atoms with van der Waals surface area (Å²) < 4.78 is 1.58. The summed E-state index contributed by atoms with van der Waals surface area (Å²) >= 11 is 0. The van der Waals surface area contributed by atoms with Crippen molar-refractivity contribution in [3.05, 3.63) is 78.2 Å². The maximum absolute atomic E-state index is 13.0. The lowest BCUT2D eigenvalue weighted by atomic mass is 10.0. The lowest BCUT2D eigenvalue weighted by molar-refractivity contribution is -0.137. The highest BCUT2D eigenvalue weighted by Gasteiger charge is 2.28. The molecular weight excluding hydrogens is 356 g/mol. The molecule has 1 aromatic heterocycles. The molecule has 1 heterocycles. The normalized spacial score (nSPS) is 11.6. The van der Waals surface area contributed by atoms with E-state index in [2.05, 4.69) is 10.3 Å². The smallest absolute Gasteiger partial charge is 0.287 e. The SMILES string of the molecule is Cn1cnc(-c2ccccc2)c1C(=O)N[C@@H](Cc1ccccc1)C(=O)C(N)=O. The number of nitrogens with one attached hydrogen (secondary N) is 1. The second-order valence-corrected chi connectivity index (χ2v) is 6.36. The Morgan fingerprint density at radius 2 is 1.64 bits per heavy atom.